The topological polar surface area (TPSA) is 51.0 Å². The fourth-order valence-corrected chi connectivity index (χ4v) is 3.59. The Hall–Kier alpha value is -2.69. The van der Waals surface area contributed by atoms with E-state index in [0.717, 1.165) is 25.8 Å². The molecule has 1 atom stereocenters. The summed E-state index contributed by atoms with van der Waals surface area (Å²) in [6.07, 6.45) is 6.80. The Kier molecular flexibility index (Phi) is 4.69. The van der Waals surface area contributed by atoms with Crippen molar-refractivity contribution in [2.45, 2.75) is 51.2 Å². The maximum absolute atomic E-state index is 12.9. The number of rotatable bonds is 7. The largest absolute Gasteiger partial charge is 0.333 e. The molecule has 0 saturated heterocycles. The number of hydrogen-bond donors (Lipinski definition) is 0. The van der Waals surface area contributed by atoms with Crippen LogP contribution in [0.1, 0.15) is 44.2 Å². The number of carbonyl (C=O) groups is 1. The minimum absolute atomic E-state index is 0.103. The molecule has 134 valence electrons. The Morgan fingerprint density at radius 3 is 2.77 bits per heavy atom. The predicted octanol–water partition coefficient (Wildman–Crippen LogP) is 3.96. The normalized spacial score (nSPS) is 15.1. The van der Waals surface area contributed by atoms with Gasteiger partial charge in [0.25, 0.3) is 0 Å². The van der Waals surface area contributed by atoms with Gasteiger partial charge in [0.05, 0.1) is 6.04 Å². The molecule has 0 bridgehead atoms. The summed E-state index contributed by atoms with van der Waals surface area (Å²) in [5.74, 6) is 0.244. The third kappa shape index (κ3) is 3.62. The van der Waals surface area contributed by atoms with Gasteiger partial charge in [-0.3, -0.25) is 9.48 Å². The molecule has 5 nitrogen and oxygen atoms in total. The summed E-state index contributed by atoms with van der Waals surface area (Å²) >= 11 is 0. The van der Waals surface area contributed by atoms with E-state index in [2.05, 4.69) is 64.4 Å². The summed E-state index contributed by atoms with van der Waals surface area (Å²) < 4.78 is 1.78. The van der Waals surface area contributed by atoms with Crippen molar-refractivity contribution in [2.75, 3.05) is 0 Å². The van der Waals surface area contributed by atoms with Crippen molar-refractivity contribution in [1.29, 1.82) is 0 Å². The summed E-state index contributed by atoms with van der Waals surface area (Å²) in [5.41, 5.74) is 1.21. The average Bonchev–Trinajstić information content (AvgIpc) is 3.35. The van der Waals surface area contributed by atoms with Gasteiger partial charge in [0.15, 0.2) is 0 Å². The van der Waals surface area contributed by atoms with Gasteiger partial charge in [-0.05, 0) is 48.6 Å². The van der Waals surface area contributed by atoms with Crippen molar-refractivity contribution < 1.29 is 4.79 Å². The Balaban J connectivity index is 1.46. The number of nitrogens with zero attached hydrogens (tertiary/aromatic N) is 4. The molecule has 4 rings (SSSR count). The highest BCUT2D eigenvalue weighted by molar-refractivity contribution is 5.83. The average molecular weight is 348 g/mol. The van der Waals surface area contributed by atoms with Gasteiger partial charge in [-0.15, -0.1) is 0 Å². The fraction of sp³-hybridized carbons (Fsp3) is 0.381. The Labute approximate surface area is 153 Å². The number of fused-ring (bicyclic) bond motifs is 1. The van der Waals surface area contributed by atoms with Crippen LogP contribution in [0.2, 0.25) is 0 Å². The molecule has 2 aromatic carbocycles. The first-order valence-corrected chi connectivity index (χ1v) is 9.34. The fourth-order valence-electron chi connectivity index (χ4n) is 3.59. The van der Waals surface area contributed by atoms with Crippen LogP contribution >= 0.6 is 0 Å². The van der Waals surface area contributed by atoms with E-state index >= 15 is 0 Å². The lowest BCUT2D eigenvalue weighted by Gasteiger charge is -2.30. The summed E-state index contributed by atoms with van der Waals surface area (Å²) in [6, 6.07) is 15.4. The molecule has 1 saturated carbocycles. The molecule has 1 aliphatic rings. The van der Waals surface area contributed by atoms with Crippen molar-refractivity contribution in [3.63, 3.8) is 0 Å². The second-order valence-electron chi connectivity index (χ2n) is 7.08. The van der Waals surface area contributed by atoms with E-state index in [1.54, 1.807) is 11.0 Å². The molecule has 26 heavy (non-hydrogen) atoms. The minimum atomic E-state index is 0.103. The second kappa shape index (κ2) is 7.28. The lowest BCUT2D eigenvalue weighted by Crippen LogP contribution is -2.35. The first kappa shape index (κ1) is 16.8. The van der Waals surface area contributed by atoms with Crippen LogP contribution in [0.25, 0.3) is 10.8 Å². The third-order valence-electron chi connectivity index (χ3n) is 5.15. The second-order valence-corrected chi connectivity index (χ2v) is 7.08. The van der Waals surface area contributed by atoms with Gasteiger partial charge < -0.3 is 4.90 Å². The minimum Gasteiger partial charge on any atom is -0.333 e. The molecule has 1 unspecified atom stereocenters. The maximum Gasteiger partial charge on any atom is 0.223 e. The zero-order valence-corrected chi connectivity index (χ0v) is 15.1. The molecule has 0 spiro atoms. The molecule has 0 aliphatic heterocycles. The van der Waals surface area contributed by atoms with Gasteiger partial charge in [0.2, 0.25) is 5.91 Å². The molecule has 5 heteroatoms. The standard InChI is InChI=1S/C21H24N4O/c1-16(18-9-8-17-5-2-3-6-19(17)13-18)25(20-10-11-20)21(26)7-4-12-24-15-22-14-23-24/h2-3,5-6,8-9,13-16,20H,4,7,10-12H2,1H3. The zero-order chi connectivity index (χ0) is 17.9. The lowest BCUT2D eigenvalue weighted by molar-refractivity contribution is -0.134. The zero-order valence-electron chi connectivity index (χ0n) is 15.1. The van der Waals surface area contributed by atoms with Gasteiger partial charge in [-0.2, -0.15) is 5.10 Å². The Morgan fingerprint density at radius 1 is 1.23 bits per heavy atom. The van der Waals surface area contributed by atoms with Crippen LogP contribution in [0.15, 0.2) is 55.1 Å². The summed E-state index contributed by atoms with van der Waals surface area (Å²) in [5, 5.41) is 6.56. The van der Waals surface area contributed by atoms with Crippen LogP contribution in [0.4, 0.5) is 0 Å². The van der Waals surface area contributed by atoms with Crippen molar-refractivity contribution in [3.05, 3.63) is 60.7 Å². The van der Waals surface area contributed by atoms with Crippen LogP contribution in [0.5, 0.6) is 0 Å². The van der Waals surface area contributed by atoms with Crippen molar-refractivity contribution in [1.82, 2.24) is 19.7 Å². The molecule has 0 N–H and O–H groups in total. The van der Waals surface area contributed by atoms with Crippen molar-refractivity contribution in [2.24, 2.45) is 0 Å². The van der Waals surface area contributed by atoms with Gasteiger partial charge >= 0.3 is 0 Å². The van der Waals surface area contributed by atoms with Crippen molar-refractivity contribution >= 4 is 16.7 Å². The summed E-state index contributed by atoms with van der Waals surface area (Å²) in [4.78, 5) is 19.0. The molecular weight excluding hydrogens is 324 g/mol. The van der Waals surface area contributed by atoms with E-state index in [9.17, 15) is 4.79 Å². The first-order chi connectivity index (χ1) is 12.7. The third-order valence-corrected chi connectivity index (χ3v) is 5.15. The highest BCUT2D eigenvalue weighted by atomic mass is 16.2. The van der Waals surface area contributed by atoms with Gasteiger partial charge in [-0.25, -0.2) is 4.98 Å². The maximum atomic E-state index is 12.9. The number of aryl methyl sites for hydroxylation is 1. The Morgan fingerprint density at radius 2 is 2.04 bits per heavy atom. The van der Waals surface area contributed by atoms with E-state index in [4.69, 9.17) is 0 Å². The monoisotopic (exact) mass is 348 g/mol. The highest BCUT2D eigenvalue weighted by Crippen LogP contribution is 2.35. The van der Waals surface area contributed by atoms with Crippen LogP contribution < -0.4 is 0 Å². The van der Waals surface area contributed by atoms with E-state index in [1.807, 2.05) is 0 Å². The number of amides is 1. The van der Waals surface area contributed by atoms with E-state index in [0.29, 0.717) is 12.5 Å². The van der Waals surface area contributed by atoms with Crippen LogP contribution in [0.3, 0.4) is 0 Å². The van der Waals surface area contributed by atoms with Gasteiger partial charge in [0, 0.05) is 19.0 Å². The number of aromatic nitrogens is 3. The molecule has 1 aromatic heterocycles. The molecule has 1 aliphatic carbocycles. The molecule has 1 fully saturated rings. The quantitative estimate of drug-likeness (QED) is 0.649. The van der Waals surface area contributed by atoms with Gasteiger partial charge in [0.1, 0.15) is 12.7 Å². The van der Waals surface area contributed by atoms with Crippen molar-refractivity contribution in [3.8, 4) is 0 Å². The summed E-state index contributed by atoms with van der Waals surface area (Å²) in [7, 11) is 0. The SMILES string of the molecule is CC(c1ccc2ccccc2c1)N(C(=O)CCCn1cncn1)C1CC1. The first-order valence-electron chi connectivity index (χ1n) is 9.34. The van der Waals surface area contributed by atoms with Crippen LogP contribution in [0, 0.1) is 0 Å². The molecule has 1 amide bonds. The molecule has 0 radical (unpaired) electrons. The predicted molar refractivity (Wildman–Crippen MR) is 101 cm³/mol. The molecule has 1 heterocycles. The van der Waals surface area contributed by atoms with Crippen LogP contribution in [-0.4, -0.2) is 31.6 Å². The Bertz CT molecular complexity index is 886. The van der Waals surface area contributed by atoms with Crippen LogP contribution in [-0.2, 0) is 11.3 Å². The molecule has 3 aromatic rings. The summed E-state index contributed by atoms with van der Waals surface area (Å²) in [6.45, 7) is 2.88. The number of benzene rings is 2. The number of hydrogen-bond acceptors (Lipinski definition) is 3. The smallest absolute Gasteiger partial charge is 0.223 e. The molecular formula is C21H24N4O. The van der Waals surface area contributed by atoms with E-state index < -0.39 is 0 Å². The highest BCUT2D eigenvalue weighted by Gasteiger charge is 2.35. The van der Waals surface area contributed by atoms with Gasteiger partial charge in [-0.1, -0.05) is 36.4 Å². The number of carbonyl (C=O) groups excluding carboxylic acids is 1. The van der Waals surface area contributed by atoms with E-state index in [-0.39, 0.29) is 11.9 Å². The lowest BCUT2D eigenvalue weighted by atomic mass is 10.0. The van der Waals surface area contributed by atoms with E-state index in [1.165, 1.54) is 22.7 Å².